The monoisotopic (exact) mass is 259 g/mol. The Morgan fingerprint density at radius 2 is 2.29 bits per heavy atom. The lowest BCUT2D eigenvalue weighted by molar-refractivity contribution is 0.0949. The number of hydrogen-bond acceptors (Lipinski definition) is 1. The predicted octanol–water partition coefficient (Wildman–Crippen LogP) is 2.73. The highest BCUT2D eigenvalue weighted by Crippen LogP contribution is 2.15. The molecule has 1 rings (SSSR count). The highest BCUT2D eigenvalue weighted by Gasteiger charge is 2.10. The number of amides is 1. The summed E-state index contributed by atoms with van der Waals surface area (Å²) in [5, 5.41) is 2.62. The van der Waals surface area contributed by atoms with Gasteiger partial charge in [0.25, 0.3) is 5.91 Å². The maximum absolute atomic E-state index is 13.2. The van der Waals surface area contributed by atoms with Crippen LogP contribution in [0, 0.1) is 5.82 Å². The van der Waals surface area contributed by atoms with E-state index in [0.29, 0.717) is 11.0 Å². The van der Waals surface area contributed by atoms with Gasteiger partial charge in [-0.1, -0.05) is 22.9 Å². The lowest BCUT2D eigenvalue weighted by atomic mass is 10.2. The number of carbonyl (C=O) groups excluding carboxylic acids is 1. The molecular weight excluding hydrogens is 249 g/mol. The molecule has 0 saturated carbocycles. The van der Waals surface area contributed by atoms with Gasteiger partial charge in [0.1, 0.15) is 5.82 Å². The Bertz CT molecular complexity index is 341. The zero-order valence-electron chi connectivity index (χ0n) is 7.81. The Kier molecular flexibility index (Phi) is 4.07. The first-order chi connectivity index (χ1) is 6.65. The Morgan fingerprint density at radius 1 is 1.57 bits per heavy atom. The molecule has 0 aliphatic rings. The molecule has 1 N–H and O–H groups in total. The normalized spacial score (nSPS) is 9.93. The molecule has 2 nitrogen and oxygen atoms in total. The molecule has 1 aromatic rings. The quantitative estimate of drug-likeness (QED) is 0.889. The molecule has 0 aliphatic heterocycles. The van der Waals surface area contributed by atoms with Crippen LogP contribution in [0.1, 0.15) is 23.7 Å². The second-order valence-electron chi connectivity index (χ2n) is 2.88. The molecule has 1 amide bonds. The Labute approximate surface area is 90.6 Å². The average Bonchev–Trinajstić information content (AvgIpc) is 2.18. The molecule has 76 valence electrons. The van der Waals surface area contributed by atoms with Crippen LogP contribution in [0.15, 0.2) is 22.7 Å². The molecule has 0 bridgehead atoms. The van der Waals surface area contributed by atoms with E-state index in [9.17, 15) is 9.18 Å². The minimum absolute atomic E-state index is 0.0767. The van der Waals surface area contributed by atoms with E-state index in [0.717, 1.165) is 6.42 Å². The SMILES string of the molecule is CCCNC(=O)c1cc(Br)ccc1F. The largest absolute Gasteiger partial charge is 0.352 e. The first-order valence-corrected chi connectivity index (χ1v) is 5.17. The van der Waals surface area contributed by atoms with Crippen molar-refractivity contribution >= 4 is 21.8 Å². The maximum Gasteiger partial charge on any atom is 0.254 e. The van der Waals surface area contributed by atoms with Crippen LogP contribution in [0.2, 0.25) is 0 Å². The second-order valence-corrected chi connectivity index (χ2v) is 3.80. The van der Waals surface area contributed by atoms with Crippen LogP contribution in [0.3, 0.4) is 0 Å². The van der Waals surface area contributed by atoms with Crippen LogP contribution in [0.5, 0.6) is 0 Å². The molecule has 0 saturated heterocycles. The van der Waals surface area contributed by atoms with Crippen LogP contribution < -0.4 is 5.32 Å². The summed E-state index contributed by atoms with van der Waals surface area (Å²) in [5.74, 6) is -0.868. The minimum atomic E-state index is -0.498. The van der Waals surface area contributed by atoms with E-state index in [1.165, 1.54) is 12.1 Å². The first kappa shape index (κ1) is 11.2. The second kappa shape index (κ2) is 5.10. The Hall–Kier alpha value is -0.900. The molecule has 4 heteroatoms. The number of nitrogens with one attached hydrogen (secondary N) is 1. The van der Waals surface area contributed by atoms with Gasteiger partial charge in [-0.05, 0) is 24.6 Å². The van der Waals surface area contributed by atoms with E-state index in [2.05, 4.69) is 21.2 Å². The van der Waals surface area contributed by atoms with E-state index in [-0.39, 0.29) is 11.5 Å². The molecule has 0 radical (unpaired) electrons. The smallest absolute Gasteiger partial charge is 0.254 e. The molecule has 1 aromatic carbocycles. The molecule has 14 heavy (non-hydrogen) atoms. The lowest BCUT2D eigenvalue weighted by Gasteiger charge is -2.04. The van der Waals surface area contributed by atoms with Gasteiger partial charge in [0.15, 0.2) is 0 Å². The number of hydrogen-bond donors (Lipinski definition) is 1. The van der Waals surface area contributed by atoms with Gasteiger partial charge >= 0.3 is 0 Å². The summed E-state index contributed by atoms with van der Waals surface area (Å²) in [4.78, 5) is 11.4. The van der Waals surface area contributed by atoms with Crippen molar-refractivity contribution in [2.24, 2.45) is 0 Å². The van der Waals surface area contributed by atoms with Crippen molar-refractivity contribution in [1.82, 2.24) is 5.32 Å². The topological polar surface area (TPSA) is 29.1 Å². The minimum Gasteiger partial charge on any atom is -0.352 e. The summed E-state index contributed by atoms with van der Waals surface area (Å²) in [7, 11) is 0. The molecule has 0 fully saturated rings. The van der Waals surface area contributed by atoms with E-state index in [4.69, 9.17) is 0 Å². The van der Waals surface area contributed by atoms with Crippen molar-refractivity contribution < 1.29 is 9.18 Å². The van der Waals surface area contributed by atoms with E-state index >= 15 is 0 Å². The van der Waals surface area contributed by atoms with E-state index in [1.807, 2.05) is 6.92 Å². The van der Waals surface area contributed by atoms with Crippen molar-refractivity contribution in [1.29, 1.82) is 0 Å². The van der Waals surface area contributed by atoms with Gasteiger partial charge in [0.05, 0.1) is 5.56 Å². The van der Waals surface area contributed by atoms with Gasteiger partial charge in [-0.2, -0.15) is 0 Å². The van der Waals surface area contributed by atoms with E-state index in [1.54, 1.807) is 6.07 Å². The highest BCUT2D eigenvalue weighted by molar-refractivity contribution is 9.10. The van der Waals surface area contributed by atoms with Crippen molar-refractivity contribution in [3.05, 3.63) is 34.1 Å². The molecule has 0 heterocycles. The summed E-state index contributed by atoms with van der Waals surface area (Å²) < 4.78 is 13.9. The number of carbonyl (C=O) groups is 1. The third-order valence-corrected chi connectivity index (χ3v) is 2.20. The van der Waals surface area contributed by atoms with Crippen molar-refractivity contribution in [3.8, 4) is 0 Å². The summed E-state index contributed by atoms with van der Waals surface area (Å²) in [5.41, 5.74) is 0.0767. The molecule has 0 aromatic heterocycles. The zero-order valence-corrected chi connectivity index (χ0v) is 9.40. The van der Waals surface area contributed by atoms with Crippen LogP contribution in [-0.4, -0.2) is 12.5 Å². The summed E-state index contributed by atoms with van der Waals surface area (Å²) in [6.45, 7) is 2.50. The zero-order chi connectivity index (χ0) is 10.6. The van der Waals surface area contributed by atoms with Gasteiger partial charge < -0.3 is 5.32 Å². The summed E-state index contributed by atoms with van der Waals surface area (Å²) in [6.07, 6.45) is 0.835. The fraction of sp³-hybridized carbons (Fsp3) is 0.300. The van der Waals surface area contributed by atoms with Gasteiger partial charge in [0.2, 0.25) is 0 Å². The molecule has 0 unspecified atom stereocenters. The molecule has 0 aliphatic carbocycles. The van der Waals surface area contributed by atoms with Crippen molar-refractivity contribution in [2.45, 2.75) is 13.3 Å². The van der Waals surface area contributed by atoms with Crippen LogP contribution in [0.25, 0.3) is 0 Å². The van der Waals surface area contributed by atoms with E-state index < -0.39 is 5.82 Å². The van der Waals surface area contributed by atoms with Crippen molar-refractivity contribution in [3.63, 3.8) is 0 Å². The third-order valence-electron chi connectivity index (χ3n) is 1.71. The fourth-order valence-corrected chi connectivity index (χ4v) is 1.37. The molecule has 0 atom stereocenters. The number of rotatable bonds is 3. The standard InChI is InChI=1S/C10H11BrFNO/c1-2-5-13-10(14)8-6-7(11)3-4-9(8)12/h3-4,6H,2,5H2,1H3,(H,13,14). The Morgan fingerprint density at radius 3 is 2.93 bits per heavy atom. The van der Waals surface area contributed by atoms with Gasteiger partial charge in [0, 0.05) is 11.0 Å². The Balaban J connectivity index is 2.83. The summed E-state index contributed by atoms with van der Waals surface area (Å²) in [6, 6.07) is 4.30. The summed E-state index contributed by atoms with van der Waals surface area (Å²) >= 11 is 3.19. The van der Waals surface area contributed by atoms with Crippen molar-refractivity contribution in [2.75, 3.05) is 6.54 Å². The van der Waals surface area contributed by atoms with Gasteiger partial charge in [-0.3, -0.25) is 4.79 Å². The van der Waals surface area contributed by atoms with Crippen LogP contribution in [0.4, 0.5) is 4.39 Å². The molecular formula is C10H11BrFNO. The highest BCUT2D eigenvalue weighted by atomic mass is 79.9. The van der Waals surface area contributed by atoms with Crippen LogP contribution in [-0.2, 0) is 0 Å². The average molecular weight is 260 g/mol. The maximum atomic E-state index is 13.2. The first-order valence-electron chi connectivity index (χ1n) is 4.38. The van der Waals surface area contributed by atoms with Gasteiger partial charge in [-0.15, -0.1) is 0 Å². The fourth-order valence-electron chi connectivity index (χ4n) is 1.01. The lowest BCUT2D eigenvalue weighted by Crippen LogP contribution is -2.24. The number of halogens is 2. The number of benzene rings is 1. The predicted molar refractivity (Wildman–Crippen MR) is 56.7 cm³/mol. The third kappa shape index (κ3) is 2.80. The van der Waals surface area contributed by atoms with Crippen LogP contribution >= 0.6 is 15.9 Å². The van der Waals surface area contributed by atoms with Gasteiger partial charge in [-0.25, -0.2) is 4.39 Å². The molecule has 0 spiro atoms.